The van der Waals surface area contributed by atoms with Crippen molar-refractivity contribution < 1.29 is 9.18 Å². The van der Waals surface area contributed by atoms with Crippen molar-refractivity contribution in [3.8, 4) is 11.8 Å². The molecule has 0 saturated carbocycles. The van der Waals surface area contributed by atoms with E-state index >= 15 is 0 Å². The lowest BCUT2D eigenvalue weighted by Gasteiger charge is -1.94. The molecular weight excluding hydrogens is 181 g/mol. The van der Waals surface area contributed by atoms with Crippen LogP contribution in [0.4, 0.5) is 4.39 Å². The van der Waals surface area contributed by atoms with E-state index in [1.165, 1.54) is 12.1 Å². The molecule has 0 unspecified atom stereocenters. The van der Waals surface area contributed by atoms with E-state index in [4.69, 9.17) is 0 Å². The first kappa shape index (κ1) is 10.4. The van der Waals surface area contributed by atoms with Crippen molar-refractivity contribution in [2.24, 2.45) is 0 Å². The molecule has 72 valence electrons. The van der Waals surface area contributed by atoms with Gasteiger partial charge in [-0.05, 0) is 25.2 Å². The Hall–Kier alpha value is -1.66. The fourth-order valence-electron chi connectivity index (χ4n) is 0.987. The van der Waals surface area contributed by atoms with Crippen molar-refractivity contribution in [1.82, 2.24) is 5.32 Å². The van der Waals surface area contributed by atoms with Crippen LogP contribution >= 0.6 is 0 Å². The Morgan fingerprint density at radius 3 is 2.93 bits per heavy atom. The van der Waals surface area contributed by atoms with Gasteiger partial charge in [0.2, 0.25) is 0 Å². The van der Waals surface area contributed by atoms with E-state index in [9.17, 15) is 9.18 Å². The van der Waals surface area contributed by atoms with Gasteiger partial charge in [0.25, 0.3) is 0 Å². The summed E-state index contributed by atoms with van der Waals surface area (Å²) in [6.45, 7) is 0.535. The summed E-state index contributed by atoms with van der Waals surface area (Å²) in [7, 11) is 1.77. The number of hydrogen-bond donors (Lipinski definition) is 1. The highest BCUT2D eigenvalue weighted by molar-refractivity contribution is 5.75. The van der Waals surface area contributed by atoms with Crippen LogP contribution in [-0.4, -0.2) is 19.9 Å². The number of rotatable bonds is 2. The van der Waals surface area contributed by atoms with Crippen LogP contribution in [0.1, 0.15) is 15.9 Å². The zero-order valence-electron chi connectivity index (χ0n) is 7.80. The van der Waals surface area contributed by atoms with Gasteiger partial charge in [-0.25, -0.2) is 4.39 Å². The molecule has 1 aromatic rings. The molecule has 0 aliphatic heterocycles. The van der Waals surface area contributed by atoms with E-state index in [2.05, 4.69) is 17.2 Å². The molecule has 0 saturated heterocycles. The van der Waals surface area contributed by atoms with Crippen molar-refractivity contribution in [3.63, 3.8) is 0 Å². The number of aldehydes is 1. The second-order valence-corrected chi connectivity index (χ2v) is 2.72. The molecule has 0 atom stereocenters. The highest BCUT2D eigenvalue weighted by Gasteiger charge is 1.97. The maximum Gasteiger partial charge on any atom is 0.150 e. The number of carbonyl (C=O) groups excluding carboxylic acids is 1. The summed E-state index contributed by atoms with van der Waals surface area (Å²) in [6.07, 6.45) is 0.604. The molecular formula is C11H10FNO. The van der Waals surface area contributed by atoms with Crippen LogP contribution in [0.5, 0.6) is 0 Å². The topological polar surface area (TPSA) is 29.1 Å². The van der Waals surface area contributed by atoms with Gasteiger partial charge in [0, 0.05) is 11.1 Å². The normalized spacial score (nSPS) is 9.00. The summed E-state index contributed by atoms with van der Waals surface area (Å²) in [6, 6.07) is 4.03. The van der Waals surface area contributed by atoms with Gasteiger partial charge in [-0.2, -0.15) is 0 Å². The third-order valence-corrected chi connectivity index (χ3v) is 1.55. The fraction of sp³-hybridized carbons (Fsp3) is 0.182. The summed E-state index contributed by atoms with van der Waals surface area (Å²) in [5.41, 5.74) is 0.820. The molecule has 3 heteroatoms. The van der Waals surface area contributed by atoms with E-state index < -0.39 is 5.82 Å². The maximum atomic E-state index is 12.9. The molecule has 1 aromatic carbocycles. The Morgan fingerprint density at radius 2 is 2.29 bits per heavy atom. The predicted molar refractivity (Wildman–Crippen MR) is 52.6 cm³/mol. The average Bonchev–Trinajstić information content (AvgIpc) is 2.17. The van der Waals surface area contributed by atoms with Crippen LogP contribution < -0.4 is 5.32 Å². The van der Waals surface area contributed by atoms with Crippen LogP contribution in [-0.2, 0) is 0 Å². The SMILES string of the molecule is CNCC#Cc1cc(F)cc(C=O)c1. The lowest BCUT2D eigenvalue weighted by Crippen LogP contribution is -2.04. The molecule has 0 radical (unpaired) electrons. The number of benzene rings is 1. The third-order valence-electron chi connectivity index (χ3n) is 1.55. The minimum Gasteiger partial charge on any atom is -0.309 e. The first-order valence-electron chi connectivity index (χ1n) is 4.15. The molecule has 0 aliphatic rings. The summed E-state index contributed by atoms with van der Waals surface area (Å²) in [4.78, 5) is 10.4. The molecule has 0 bridgehead atoms. The van der Waals surface area contributed by atoms with Crippen molar-refractivity contribution in [3.05, 3.63) is 35.1 Å². The third kappa shape index (κ3) is 3.00. The number of halogens is 1. The van der Waals surface area contributed by atoms with Crippen molar-refractivity contribution >= 4 is 6.29 Å². The van der Waals surface area contributed by atoms with Gasteiger partial charge >= 0.3 is 0 Å². The molecule has 0 amide bonds. The van der Waals surface area contributed by atoms with Crippen LogP contribution in [0.2, 0.25) is 0 Å². The molecule has 0 spiro atoms. The van der Waals surface area contributed by atoms with Gasteiger partial charge in [0.1, 0.15) is 12.1 Å². The Bertz CT molecular complexity index is 390. The van der Waals surface area contributed by atoms with Gasteiger partial charge in [-0.15, -0.1) is 0 Å². The average molecular weight is 191 g/mol. The minimum atomic E-state index is -0.441. The quantitative estimate of drug-likeness (QED) is 0.562. The maximum absolute atomic E-state index is 12.9. The van der Waals surface area contributed by atoms with Crippen molar-refractivity contribution in [2.75, 3.05) is 13.6 Å². The lowest BCUT2D eigenvalue weighted by molar-refractivity contribution is 0.112. The number of hydrogen-bond acceptors (Lipinski definition) is 2. The molecule has 0 fully saturated rings. The first-order chi connectivity index (χ1) is 6.76. The summed E-state index contributed by atoms with van der Waals surface area (Å²) >= 11 is 0. The van der Waals surface area contributed by atoms with Crippen LogP contribution in [0.25, 0.3) is 0 Å². The van der Waals surface area contributed by atoms with E-state index in [-0.39, 0.29) is 0 Å². The molecule has 14 heavy (non-hydrogen) atoms. The zero-order chi connectivity index (χ0) is 10.4. The van der Waals surface area contributed by atoms with Crippen LogP contribution in [0.3, 0.4) is 0 Å². The highest BCUT2D eigenvalue weighted by Crippen LogP contribution is 2.06. The second-order valence-electron chi connectivity index (χ2n) is 2.72. The monoisotopic (exact) mass is 191 g/mol. The second kappa shape index (κ2) is 5.15. The molecule has 2 nitrogen and oxygen atoms in total. The fourth-order valence-corrected chi connectivity index (χ4v) is 0.987. The van der Waals surface area contributed by atoms with E-state index in [1.54, 1.807) is 13.1 Å². The Labute approximate surface area is 82.1 Å². The van der Waals surface area contributed by atoms with Gasteiger partial charge in [0.05, 0.1) is 6.54 Å². The smallest absolute Gasteiger partial charge is 0.150 e. The zero-order valence-corrected chi connectivity index (χ0v) is 7.80. The Kier molecular flexibility index (Phi) is 3.84. The van der Waals surface area contributed by atoms with Gasteiger partial charge in [-0.1, -0.05) is 11.8 Å². The summed E-state index contributed by atoms with van der Waals surface area (Å²) in [5, 5.41) is 2.84. The number of carbonyl (C=O) groups is 1. The molecule has 1 N–H and O–H groups in total. The Balaban J connectivity index is 2.93. The molecule has 0 aliphatic carbocycles. The van der Waals surface area contributed by atoms with E-state index in [0.717, 1.165) is 0 Å². The largest absolute Gasteiger partial charge is 0.309 e. The van der Waals surface area contributed by atoms with E-state index in [0.29, 0.717) is 24.0 Å². The van der Waals surface area contributed by atoms with E-state index in [1.807, 2.05) is 0 Å². The van der Waals surface area contributed by atoms with Crippen molar-refractivity contribution in [2.45, 2.75) is 0 Å². The molecule has 1 rings (SSSR count). The molecule has 0 aromatic heterocycles. The highest BCUT2D eigenvalue weighted by atomic mass is 19.1. The number of nitrogens with one attached hydrogen (secondary N) is 1. The predicted octanol–water partition coefficient (Wildman–Crippen LogP) is 1.21. The van der Waals surface area contributed by atoms with Gasteiger partial charge < -0.3 is 5.32 Å². The van der Waals surface area contributed by atoms with Crippen LogP contribution in [0.15, 0.2) is 18.2 Å². The van der Waals surface area contributed by atoms with Gasteiger partial charge in [0.15, 0.2) is 0 Å². The first-order valence-corrected chi connectivity index (χ1v) is 4.15. The minimum absolute atomic E-state index is 0.304. The van der Waals surface area contributed by atoms with Gasteiger partial charge in [-0.3, -0.25) is 4.79 Å². The summed E-state index contributed by atoms with van der Waals surface area (Å²) in [5.74, 6) is 5.09. The molecule has 0 heterocycles. The van der Waals surface area contributed by atoms with Crippen LogP contribution in [0, 0.1) is 17.7 Å². The standard InChI is InChI=1S/C11H10FNO/c1-13-4-2-3-9-5-10(8-14)7-11(12)6-9/h5-8,13H,4H2,1H3. The Morgan fingerprint density at radius 1 is 1.50 bits per heavy atom. The van der Waals surface area contributed by atoms with Crippen molar-refractivity contribution in [1.29, 1.82) is 0 Å². The lowest BCUT2D eigenvalue weighted by atomic mass is 10.1. The summed E-state index contributed by atoms with van der Waals surface area (Å²) < 4.78 is 12.9.